The molecule has 1 saturated heterocycles. The van der Waals surface area contributed by atoms with E-state index in [1.165, 1.54) is 25.9 Å². The number of nitrogens with one attached hydrogen (secondary N) is 1. The van der Waals surface area contributed by atoms with Gasteiger partial charge in [0.15, 0.2) is 0 Å². The second-order valence-corrected chi connectivity index (χ2v) is 7.13. The van der Waals surface area contributed by atoms with Crippen LogP contribution >= 0.6 is 0 Å². The number of rotatable bonds is 6. The predicted octanol–water partition coefficient (Wildman–Crippen LogP) is 1.74. The zero-order valence-corrected chi connectivity index (χ0v) is 13.0. The van der Waals surface area contributed by atoms with E-state index >= 15 is 0 Å². The van der Waals surface area contributed by atoms with Crippen molar-refractivity contribution in [1.82, 2.24) is 10.2 Å². The van der Waals surface area contributed by atoms with Crippen LogP contribution in [0, 0.1) is 5.41 Å². The lowest BCUT2D eigenvalue weighted by atomic mass is 9.87. The first-order valence-electron chi connectivity index (χ1n) is 7.54. The summed E-state index contributed by atoms with van der Waals surface area (Å²) in [5, 5.41) is 3.02. The van der Waals surface area contributed by atoms with Gasteiger partial charge in [-0.1, -0.05) is 20.8 Å². The molecule has 1 heterocycles. The van der Waals surface area contributed by atoms with E-state index in [-0.39, 0.29) is 17.4 Å². The molecule has 1 aliphatic heterocycles. The molecule has 112 valence electrons. The minimum Gasteiger partial charge on any atom is -0.354 e. The number of amides is 1. The normalized spacial score (nSPS) is 20.3. The average Bonchev–Trinajstić information content (AvgIpc) is 2.76. The van der Waals surface area contributed by atoms with E-state index in [2.05, 4.69) is 37.9 Å². The van der Waals surface area contributed by atoms with Crippen LogP contribution in [0.5, 0.6) is 0 Å². The van der Waals surface area contributed by atoms with Gasteiger partial charge in [0.05, 0.1) is 0 Å². The third-order valence-electron chi connectivity index (χ3n) is 3.68. The monoisotopic (exact) mass is 269 g/mol. The molecule has 0 aromatic rings. The Morgan fingerprint density at radius 1 is 1.32 bits per heavy atom. The molecule has 2 atom stereocenters. The smallest absolute Gasteiger partial charge is 0.221 e. The van der Waals surface area contributed by atoms with Gasteiger partial charge in [0.25, 0.3) is 0 Å². The van der Waals surface area contributed by atoms with E-state index in [1.807, 2.05) is 0 Å². The number of hydrogen-bond acceptors (Lipinski definition) is 3. The molecule has 0 spiro atoms. The molecule has 1 aliphatic rings. The molecule has 0 bridgehead atoms. The Morgan fingerprint density at radius 2 is 1.89 bits per heavy atom. The summed E-state index contributed by atoms with van der Waals surface area (Å²) in [4.78, 5) is 14.3. The van der Waals surface area contributed by atoms with Gasteiger partial charge in [-0.3, -0.25) is 9.69 Å². The lowest BCUT2D eigenvalue weighted by Gasteiger charge is -2.25. The van der Waals surface area contributed by atoms with Crippen molar-refractivity contribution in [3.8, 4) is 0 Å². The zero-order valence-electron chi connectivity index (χ0n) is 13.0. The quantitative estimate of drug-likeness (QED) is 0.772. The average molecular weight is 269 g/mol. The topological polar surface area (TPSA) is 58.4 Å². The lowest BCUT2D eigenvalue weighted by Crippen LogP contribution is -2.42. The third kappa shape index (κ3) is 6.92. The number of carbonyl (C=O) groups excluding carboxylic acids is 1. The van der Waals surface area contributed by atoms with Crippen LogP contribution in [0.1, 0.15) is 53.4 Å². The molecule has 1 fully saturated rings. The van der Waals surface area contributed by atoms with Crippen molar-refractivity contribution in [3.63, 3.8) is 0 Å². The molecule has 3 N–H and O–H groups in total. The van der Waals surface area contributed by atoms with Crippen molar-refractivity contribution in [2.75, 3.05) is 19.6 Å². The summed E-state index contributed by atoms with van der Waals surface area (Å²) in [5.41, 5.74) is 6.20. The Bertz CT molecular complexity index is 280. The number of nitrogens with zero attached hydrogens (tertiary/aromatic N) is 1. The minimum absolute atomic E-state index is 0.0397. The molecule has 1 rings (SSSR count). The van der Waals surface area contributed by atoms with Gasteiger partial charge in [-0.05, 0) is 44.7 Å². The molecule has 0 aliphatic carbocycles. The largest absolute Gasteiger partial charge is 0.354 e. The van der Waals surface area contributed by atoms with E-state index in [1.54, 1.807) is 0 Å². The highest BCUT2D eigenvalue weighted by atomic mass is 16.1. The molecule has 0 aromatic carbocycles. The summed E-state index contributed by atoms with van der Waals surface area (Å²) >= 11 is 0. The van der Waals surface area contributed by atoms with Gasteiger partial charge >= 0.3 is 0 Å². The second kappa shape index (κ2) is 7.25. The van der Waals surface area contributed by atoms with Gasteiger partial charge in [-0.25, -0.2) is 0 Å². The molecule has 4 heteroatoms. The van der Waals surface area contributed by atoms with Crippen LogP contribution in [0.4, 0.5) is 0 Å². The fraction of sp³-hybridized carbons (Fsp3) is 0.933. The van der Waals surface area contributed by atoms with Crippen LogP contribution in [0.3, 0.4) is 0 Å². The standard InChI is InChI=1S/C15H31N3O/c1-12(18-7-5-6-8-18)11-17-14(19)9-13(16)10-15(2,3)4/h12-13H,5-11,16H2,1-4H3,(H,17,19). The van der Waals surface area contributed by atoms with Gasteiger partial charge in [-0.15, -0.1) is 0 Å². The maximum Gasteiger partial charge on any atom is 0.221 e. The lowest BCUT2D eigenvalue weighted by molar-refractivity contribution is -0.121. The molecule has 4 nitrogen and oxygen atoms in total. The number of carbonyl (C=O) groups is 1. The summed E-state index contributed by atoms with van der Waals surface area (Å²) in [7, 11) is 0. The van der Waals surface area contributed by atoms with Gasteiger partial charge in [-0.2, -0.15) is 0 Å². The fourth-order valence-corrected chi connectivity index (χ4v) is 2.74. The van der Waals surface area contributed by atoms with Gasteiger partial charge in [0.1, 0.15) is 0 Å². The fourth-order valence-electron chi connectivity index (χ4n) is 2.74. The maximum atomic E-state index is 11.8. The first kappa shape index (κ1) is 16.4. The van der Waals surface area contributed by atoms with Crippen molar-refractivity contribution in [2.45, 2.75) is 65.5 Å². The summed E-state index contributed by atoms with van der Waals surface area (Å²) in [6.45, 7) is 11.7. The highest BCUT2D eigenvalue weighted by Gasteiger charge is 2.20. The highest BCUT2D eigenvalue weighted by molar-refractivity contribution is 5.76. The number of nitrogens with two attached hydrogens (primary N) is 1. The van der Waals surface area contributed by atoms with Gasteiger partial charge in [0, 0.05) is 25.0 Å². The van der Waals surface area contributed by atoms with Crippen LogP contribution in [0.15, 0.2) is 0 Å². The Hall–Kier alpha value is -0.610. The predicted molar refractivity (Wildman–Crippen MR) is 79.9 cm³/mol. The molecule has 0 radical (unpaired) electrons. The van der Waals surface area contributed by atoms with Crippen molar-refractivity contribution < 1.29 is 4.79 Å². The Morgan fingerprint density at radius 3 is 2.42 bits per heavy atom. The molecule has 19 heavy (non-hydrogen) atoms. The van der Waals surface area contributed by atoms with Crippen molar-refractivity contribution in [2.24, 2.45) is 11.1 Å². The maximum absolute atomic E-state index is 11.8. The molecule has 2 unspecified atom stereocenters. The van der Waals surface area contributed by atoms with E-state index in [0.29, 0.717) is 12.5 Å². The zero-order chi connectivity index (χ0) is 14.5. The Balaban J connectivity index is 2.20. The SMILES string of the molecule is CC(CNC(=O)CC(N)CC(C)(C)C)N1CCCC1. The van der Waals surface area contributed by atoms with Crippen LogP contribution in [-0.2, 0) is 4.79 Å². The van der Waals surface area contributed by atoms with Crippen molar-refractivity contribution >= 4 is 5.91 Å². The van der Waals surface area contributed by atoms with Crippen molar-refractivity contribution in [1.29, 1.82) is 0 Å². The van der Waals surface area contributed by atoms with Crippen molar-refractivity contribution in [3.05, 3.63) is 0 Å². The van der Waals surface area contributed by atoms with Gasteiger partial charge < -0.3 is 11.1 Å². The molecule has 0 aromatic heterocycles. The molecule has 1 amide bonds. The van der Waals surface area contributed by atoms with E-state index in [9.17, 15) is 4.79 Å². The first-order chi connectivity index (χ1) is 8.78. The third-order valence-corrected chi connectivity index (χ3v) is 3.68. The van der Waals surface area contributed by atoms with Crippen LogP contribution < -0.4 is 11.1 Å². The summed E-state index contributed by atoms with van der Waals surface area (Å²) in [6.07, 6.45) is 3.88. The number of likely N-dealkylation sites (tertiary alicyclic amines) is 1. The van der Waals surface area contributed by atoms with Crippen LogP contribution in [0.2, 0.25) is 0 Å². The van der Waals surface area contributed by atoms with E-state index in [4.69, 9.17) is 5.73 Å². The summed E-state index contributed by atoms with van der Waals surface area (Å²) < 4.78 is 0. The summed E-state index contributed by atoms with van der Waals surface area (Å²) in [6, 6.07) is 0.396. The van der Waals surface area contributed by atoms with Gasteiger partial charge in [0.2, 0.25) is 5.91 Å². The minimum atomic E-state index is -0.0397. The van der Waals surface area contributed by atoms with Crippen LogP contribution in [-0.4, -0.2) is 42.5 Å². The summed E-state index contributed by atoms with van der Waals surface area (Å²) in [5.74, 6) is 0.0859. The first-order valence-corrected chi connectivity index (χ1v) is 7.54. The van der Waals surface area contributed by atoms with E-state index in [0.717, 1.165) is 13.0 Å². The Kier molecular flexibility index (Phi) is 6.27. The van der Waals surface area contributed by atoms with Crippen LogP contribution in [0.25, 0.3) is 0 Å². The molecule has 0 saturated carbocycles. The van der Waals surface area contributed by atoms with E-state index < -0.39 is 0 Å². The Labute approximate surface area is 118 Å². The number of hydrogen-bond donors (Lipinski definition) is 2. The highest BCUT2D eigenvalue weighted by Crippen LogP contribution is 2.20. The molecular weight excluding hydrogens is 238 g/mol. The second-order valence-electron chi connectivity index (χ2n) is 7.13. The molecular formula is C15H31N3O.